The summed E-state index contributed by atoms with van der Waals surface area (Å²) in [5.74, 6) is 0.247. The maximum atomic E-state index is 13.1. The van der Waals surface area contributed by atoms with Crippen molar-refractivity contribution in [1.29, 1.82) is 0 Å². The third kappa shape index (κ3) is 2.80. The average Bonchev–Trinajstić information content (AvgIpc) is 3.05. The fraction of sp³-hybridized carbons (Fsp3) is 0.562. The zero-order valence-corrected chi connectivity index (χ0v) is 11.8. The van der Waals surface area contributed by atoms with E-state index < -0.39 is 11.9 Å². The highest BCUT2D eigenvalue weighted by atomic mass is 19.1. The second kappa shape index (κ2) is 5.73. The van der Waals surface area contributed by atoms with Crippen molar-refractivity contribution in [3.63, 3.8) is 0 Å². The lowest BCUT2D eigenvalue weighted by atomic mass is 9.84. The minimum Gasteiger partial charge on any atom is -0.387 e. The smallest absolute Gasteiger partial charge is 0.225 e. The van der Waals surface area contributed by atoms with Crippen LogP contribution in [0.3, 0.4) is 0 Å². The van der Waals surface area contributed by atoms with E-state index in [0.717, 1.165) is 19.3 Å². The number of aliphatic hydroxyl groups is 1. The molecule has 0 spiro atoms. The SMILES string of the molecule is NC1C2CCC(C2)C1C(=O)NCC(O)c1cccc(F)c1. The zero-order chi connectivity index (χ0) is 15.0. The van der Waals surface area contributed by atoms with E-state index in [9.17, 15) is 14.3 Å². The van der Waals surface area contributed by atoms with E-state index in [1.165, 1.54) is 12.1 Å². The maximum Gasteiger partial charge on any atom is 0.225 e. The summed E-state index contributed by atoms with van der Waals surface area (Å²) in [6, 6.07) is 5.73. The molecule has 1 aromatic carbocycles. The van der Waals surface area contributed by atoms with Crippen molar-refractivity contribution in [2.75, 3.05) is 6.54 Å². The average molecular weight is 292 g/mol. The van der Waals surface area contributed by atoms with Gasteiger partial charge in [-0.15, -0.1) is 0 Å². The molecule has 5 unspecified atom stereocenters. The summed E-state index contributed by atoms with van der Waals surface area (Å²) in [4.78, 5) is 12.3. The van der Waals surface area contributed by atoms with Crippen molar-refractivity contribution in [3.8, 4) is 0 Å². The molecule has 3 rings (SSSR count). The van der Waals surface area contributed by atoms with Crippen LogP contribution in [-0.2, 0) is 4.79 Å². The molecule has 21 heavy (non-hydrogen) atoms. The van der Waals surface area contributed by atoms with Crippen molar-refractivity contribution < 1.29 is 14.3 Å². The number of fused-ring (bicyclic) bond motifs is 2. The lowest BCUT2D eigenvalue weighted by molar-refractivity contribution is -0.127. The highest BCUT2D eigenvalue weighted by Gasteiger charge is 2.48. The van der Waals surface area contributed by atoms with E-state index in [-0.39, 0.29) is 24.4 Å². The van der Waals surface area contributed by atoms with Crippen molar-refractivity contribution in [1.82, 2.24) is 5.32 Å². The number of nitrogens with two attached hydrogens (primary N) is 1. The number of carbonyl (C=O) groups is 1. The molecule has 0 aromatic heterocycles. The first-order chi connectivity index (χ1) is 10.1. The Kier molecular flexibility index (Phi) is 3.95. The summed E-state index contributed by atoms with van der Waals surface area (Å²) in [5, 5.41) is 12.8. The summed E-state index contributed by atoms with van der Waals surface area (Å²) >= 11 is 0. The van der Waals surface area contributed by atoms with Gasteiger partial charge < -0.3 is 16.2 Å². The molecule has 5 heteroatoms. The summed E-state index contributed by atoms with van der Waals surface area (Å²) in [5.41, 5.74) is 6.59. The molecule has 0 aliphatic heterocycles. The van der Waals surface area contributed by atoms with Gasteiger partial charge >= 0.3 is 0 Å². The van der Waals surface area contributed by atoms with Crippen molar-refractivity contribution in [3.05, 3.63) is 35.6 Å². The van der Waals surface area contributed by atoms with Gasteiger partial charge in [-0.25, -0.2) is 4.39 Å². The molecular formula is C16H21FN2O2. The minimum atomic E-state index is -0.903. The Morgan fingerprint density at radius 3 is 2.86 bits per heavy atom. The lowest BCUT2D eigenvalue weighted by Gasteiger charge is -2.27. The molecule has 1 aromatic rings. The van der Waals surface area contributed by atoms with E-state index in [0.29, 0.717) is 17.4 Å². The maximum absolute atomic E-state index is 13.1. The number of amides is 1. The number of nitrogens with one attached hydrogen (secondary N) is 1. The molecule has 1 amide bonds. The van der Waals surface area contributed by atoms with Gasteiger partial charge in [0.2, 0.25) is 5.91 Å². The summed E-state index contributed by atoms with van der Waals surface area (Å²) in [6.45, 7) is 0.0862. The molecule has 2 aliphatic carbocycles. The van der Waals surface area contributed by atoms with Crippen molar-refractivity contribution in [2.24, 2.45) is 23.5 Å². The van der Waals surface area contributed by atoms with Crippen LogP contribution in [0.25, 0.3) is 0 Å². The van der Waals surface area contributed by atoms with Gasteiger partial charge in [-0.1, -0.05) is 12.1 Å². The molecule has 2 bridgehead atoms. The predicted molar refractivity (Wildman–Crippen MR) is 76.7 cm³/mol. The third-order valence-electron chi connectivity index (χ3n) is 4.99. The zero-order valence-electron chi connectivity index (χ0n) is 11.8. The third-order valence-corrected chi connectivity index (χ3v) is 4.99. The van der Waals surface area contributed by atoms with E-state index in [4.69, 9.17) is 5.73 Å². The molecule has 2 fully saturated rings. The van der Waals surface area contributed by atoms with Gasteiger partial charge in [0.15, 0.2) is 0 Å². The Morgan fingerprint density at radius 2 is 2.19 bits per heavy atom. The standard InChI is InChI=1S/C16H21FN2O2/c17-12-3-1-2-9(7-12)13(20)8-19-16(21)14-10-4-5-11(6-10)15(14)18/h1-3,7,10-11,13-15,20H,4-6,8,18H2,(H,19,21). The topological polar surface area (TPSA) is 75.4 Å². The predicted octanol–water partition coefficient (Wildman–Crippen LogP) is 1.35. The van der Waals surface area contributed by atoms with Crippen LogP contribution in [0, 0.1) is 23.6 Å². The first-order valence-electron chi connectivity index (χ1n) is 7.53. The van der Waals surface area contributed by atoms with Gasteiger partial charge in [0.1, 0.15) is 5.82 Å². The Morgan fingerprint density at radius 1 is 1.43 bits per heavy atom. The molecule has 0 saturated heterocycles. The van der Waals surface area contributed by atoms with E-state index in [1.807, 2.05) is 0 Å². The molecule has 114 valence electrons. The molecule has 4 nitrogen and oxygen atoms in total. The number of benzene rings is 1. The van der Waals surface area contributed by atoms with Crippen LogP contribution < -0.4 is 11.1 Å². The number of carbonyl (C=O) groups excluding carboxylic acids is 1. The monoisotopic (exact) mass is 292 g/mol. The second-order valence-electron chi connectivity index (χ2n) is 6.25. The van der Waals surface area contributed by atoms with E-state index >= 15 is 0 Å². The highest BCUT2D eigenvalue weighted by Crippen LogP contribution is 2.47. The number of hydrogen-bond acceptors (Lipinski definition) is 3. The summed E-state index contributed by atoms with van der Waals surface area (Å²) in [7, 11) is 0. The fourth-order valence-corrected chi connectivity index (χ4v) is 3.87. The van der Waals surface area contributed by atoms with Crippen molar-refractivity contribution in [2.45, 2.75) is 31.4 Å². The molecule has 5 atom stereocenters. The Labute approximate surface area is 123 Å². The molecule has 0 heterocycles. The number of halogens is 1. The van der Waals surface area contributed by atoms with Crippen LogP contribution in [0.2, 0.25) is 0 Å². The fourth-order valence-electron chi connectivity index (χ4n) is 3.87. The number of hydrogen-bond donors (Lipinski definition) is 3. The van der Waals surface area contributed by atoms with Crippen LogP contribution in [0.4, 0.5) is 4.39 Å². The van der Waals surface area contributed by atoms with Crippen LogP contribution >= 0.6 is 0 Å². The van der Waals surface area contributed by atoms with Crippen molar-refractivity contribution >= 4 is 5.91 Å². The lowest BCUT2D eigenvalue weighted by Crippen LogP contribution is -2.46. The molecular weight excluding hydrogens is 271 g/mol. The summed E-state index contributed by atoms with van der Waals surface area (Å²) < 4.78 is 13.1. The van der Waals surface area contributed by atoms with Crippen LogP contribution in [-0.4, -0.2) is 23.6 Å². The van der Waals surface area contributed by atoms with Gasteiger partial charge in [-0.2, -0.15) is 0 Å². The molecule has 4 N–H and O–H groups in total. The van der Waals surface area contributed by atoms with E-state index in [1.54, 1.807) is 12.1 Å². The van der Waals surface area contributed by atoms with Gasteiger partial charge in [-0.3, -0.25) is 4.79 Å². The minimum absolute atomic E-state index is 0.0601. The first-order valence-corrected chi connectivity index (χ1v) is 7.53. The quantitative estimate of drug-likeness (QED) is 0.784. The van der Waals surface area contributed by atoms with Gasteiger partial charge in [0.25, 0.3) is 0 Å². The Balaban J connectivity index is 1.56. The Bertz CT molecular complexity index is 535. The number of rotatable bonds is 4. The Hall–Kier alpha value is -1.46. The summed E-state index contributed by atoms with van der Waals surface area (Å²) in [6.07, 6.45) is 2.34. The van der Waals surface area contributed by atoms with Gasteiger partial charge in [0.05, 0.1) is 12.0 Å². The second-order valence-corrected chi connectivity index (χ2v) is 6.25. The van der Waals surface area contributed by atoms with Crippen LogP contribution in [0.5, 0.6) is 0 Å². The molecule has 2 saturated carbocycles. The highest BCUT2D eigenvalue weighted by molar-refractivity contribution is 5.80. The first kappa shape index (κ1) is 14.5. The largest absolute Gasteiger partial charge is 0.387 e. The van der Waals surface area contributed by atoms with Gasteiger partial charge in [-0.05, 0) is 48.8 Å². The van der Waals surface area contributed by atoms with Crippen LogP contribution in [0.15, 0.2) is 24.3 Å². The van der Waals surface area contributed by atoms with E-state index in [2.05, 4.69) is 5.32 Å². The van der Waals surface area contributed by atoms with Gasteiger partial charge in [0, 0.05) is 12.6 Å². The molecule has 2 aliphatic rings. The van der Waals surface area contributed by atoms with Crippen LogP contribution in [0.1, 0.15) is 30.9 Å². The number of aliphatic hydroxyl groups excluding tert-OH is 1. The normalized spacial score (nSPS) is 32.1. The molecule has 0 radical (unpaired) electrons.